The van der Waals surface area contributed by atoms with Crippen LogP contribution >= 0.6 is 0 Å². The predicted octanol–water partition coefficient (Wildman–Crippen LogP) is -1.49. The van der Waals surface area contributed by atoms with Gasteiger partial charge in [0.15, 0.2) is 0 Å². The maximum atomic E-state index is 11.2. The molecule has 1 aliphatic rings. The summed E-state index contributed by atoms with van der Waals surface area (Å²) in [4.78, 5) is 34.4. The van der Waals surface area contributed by atoms with Crippen molar-refractivity contribution in [3.05, 3.63) is 0 Å². The molecule has 0 unspecified atom stereocenters. The van der Waals surface area contributed by atoms with E-state index >= 15 is 0 Å². The summed E-state index contributed by atoms with van der Waals surface area (Å²) < 4.78 is 4.72. The van der Waals surface area contributed by atoms with Crippen molar-refractivity contribution < 1.29 is 19.1 Å². The van der Waals surface area contributed by atoms with Crippen LogP contribution in [0.5, 0.6) is 0 Å². The lowest BCUT2D eigenvalue weighted by Gasteiger charge is -2.28. The van der Waals surface area contributed by atoms with Crippen molar-refractivity contribution in [1.29, 1.82) is 0 Å². The second kappa shape index (κ2) is 4.08. The van der Waals surface area contributed by atoms with Crippen LogP contribution in [0.4, 0.5) is 0 Å². The molecule has 2 amide bonds. The molecule has 0 aliphatic carbocycles. The van der Waals surface area contributed by atoms with Gasteiger partial charge in [-0.2, -0.15) is 0 Å². The molecule has 1 rings (SSSR count). The number of likely N-dealkylation sites (N-methyl/N-ethyl adjacent to an activating group) is 1. The number of esters is 1. The normalized spacial score (nSPS) is 21.9. The van der Waals surface area contributed by atoms with Gasteiger partial charge in [0.2, 0.25) is 0 Å². The van der Waals surface area contributed by atoms with Gasteiger partial charge in [0.25, 0.3) is 0 Å². The third-order valence-electron chi connectivity index (χ3n) is 1.87. The summed E-state index contributed by atoms with van der Waals surface area (Å²) in [6.07, 6.45) is 0. The molecular formula is C8H12N2O4. The van der Waals surface area contributed by atoms with Gasteiger partial charge in [-0.15, -0.1) is 0 Å². The van der Waals surface area contributed by atoms with Crippen LogP contribution < -0.4 is 5.32 Å². The van der Waals surface area contributed by atoms with E-state index in [2.05, 4.69) is 5.32 Å². The van der Waals surface area contributed by atoms with Gasteiger partial charge in [0.1, 0.15) is 6.04 Å². The van der Waals surface area contributed by atoms with E-state index in [1.807, 2.05) is 0 Å². The van der Waals surface area contributed by atoms with Gasteiger partial charge in [-0.1, -0.05) is 0 Å². The van der Waals surface area contributed by atoms with Crippen LogP contribution in [0.1, 0.15) is 6.92 Å². The average Bonchev–Trinajstić information content (AvgIpc) is 2.13. The molecule has 78 valence electrons. The van der Waals surface area contributed by atoms with Gasteiger partial charge in [-0.05, 0) is 6.92 Å². The third-order valence-corrected chi connectivity index (χ3v) is 1.87. The third kappa shape index (κ3) is 2.01. The van der Waals surface area contributed by atoms with E-state index < -0.39 is 23.8 Å². The molecule has 1 saturated heterocycles. The Labute approximate surface area is 81.2 Å². The molecule has 0 aromatic carbocycles. The summed E-state index contributed by atoms with van der Waals surface area (Å²) in [7, 11) is 1.47. The number of piperazine rings is 1. The number of hydrogen-bond donors (Lipinski definition) is 1. The van der Waals surface area contributed by atoms with E-state index in [0.29, 0.717) is 0 Å². The minimum atomic E-state index is -0.767. The average molecular weight is 200 g/mol. The van der Waals surface area contributed by atoms with E-state index in [4.69, 9.17) is 4.74 Å². The van der Waals surface area contributed by atoms with Crippen LogP contribution in [0.25, 0.3) is 0 Å². The summed E-state index contributed by atoms with van der Waals surface area (Å²) in [5, 5.41) is 2.28. The molecule has 0 bridgehead atoms. The van der Waals surface area contributed by atoms with Gasteiger partial charge in [-0.3, -0.25) is 9.59 Å². The topological polar surface area (TPSA) is 75.7 Å². The Balaban J connectivity index is 2.62. The van der Waals surface area contributed by atoms with Crippen LogP contribution in [0.3, 0.4) is 0 Å². The lowest BCUT2D eigenvalue weighted by Crippen LogP contribution is -2.59. The molecule has 0 saturated carbocycles. The van der Waals surface area contributed by atoms with E-state index in [9.17, 15) is 14.4 Å². The molecule has 1 N–H and O–H groups in total. The second-order valence-electron chi connectivity index (χ2n) is 2.96. The summed E-state index contributed by atoms with van der Waals surface area (Å²) in [5.41, 5.74) is 0. The Kier molecular flexibility index (Phi) is 3.06. The molecule has 0 radical (unpaired) electrons. The van der Waals surface area contributed by atoms with Gasteiger partial charge < -0.3 is 15.0 Å². The van der Waals surface area contributed by atoms with Crippen LogP contribution in [-0.4, -0.2) is 48.9 Å². The molecule has 0 aromatic heterocycles. The molecule has 1 aliphatic heterocycles. The fourth-order valence-electron chi connectivity index (χ4n) is 1.17. The van der Waals surface area contributed by atoms with E-state index in [0.717, 1.165) is 0 Å². The highest BCUT2D eigenvalue weighted by Crippen LogP contribution is 2.00. The van der Waals surface area contributed by atoms with Crippen LogP contribution in [0.15, 0.2) is 0 Å². The smallest absolute Gasteiger partial charge is 0.330 e. The second-order valence-corrected chi connectivity index (χ2v) is 2.96. The largest absolute Gasteiger partial charge is 0.464 e. The summed E-state index contributed by atoms with van der Waals surface area (Å²) in [6.45, 7) is 2.09. The molecule has 0 aromatic rings. The first-order valence-electron chi connectivity index (χ1n) is 4.28. The van der Waals surface area contributed by atoms with Gasteiger partial charge in [0.05, 0.1) is 13.2 Å². The monoisotopic (exact) mass is 200 g/mol. The van der Waals surface area contributed by atoms with Gasteiger partial charge in [0, 0.05) is 7.05 Å². The van der Waals surface area contributed by atoms with Crippen molar-refractivity contribution in [2.24, 2.45) is 0 Å². The fraction of sp³-hybridized carbons (Fsp3) is 0.625. The van der Waals surface area contributed by atoms with Gasteiger partial charge >= 0.3 is 17.8 Å². The van der Waals surface area contributed by atoms with E-state index in [-0.39, 0.29) is 13.2 Å². The Morgan fingerprint density at radius 1 is 1.64 bits per heavy atom. The maximum absolute atomic E-state index is 11.2. The van der Waals surface area contributed by atoms with Crippen molar-refractivity contribution in [2.45, 2.75) is 13.0 Å². The Morgan fingerprint density at radius 3 is 2.79 bits per heavy atom. The van der Waals surface area contributed by atoms with Gasteiger partial charge in [-0.25, -0.2) is 4.79 Å². The molecule has 1 heterocycles. The number of nitrogens with one attached hydrogen (secondary N) is 1. The molecular weight excluding hydrogens is 188 g/mol. The molecule has 14 heavy (non-hydrogen) atoms. The summed E-state index contributed by atoms with van der Waals surface area (Å²) >= 11 is 0. The SMILES string of the molecule is CCOC(=O)[C@H]1CN(C)C(=O)C(=O)N1. The number of amides is 2. The number of hydrogen-bond acceptors (Lipinski definition) is 4. The van der Waals surface area contributed by atoms with E-state index in [1.54, 1.807) is 6.92 Å². The fourth-order valence-corrected chi connectivity index (χ4v) is 1.17. The first kappa shape index (κ1) is 10.5. The highest BCUT2D eigenvalue weighted by Gasteiger charge is 2.34. The highest BCUT2D eigenvalue weighted by molar-refractivity contribution is 6.36. The number of nitrogens with zero attached hydrogens (tertiary/aromatic N) is 1. The quantitative estimate of drug-likeness (QED) is 0.435. The van der Waals surface area contributed by atoms with E-state index in [1.165, 1.54) is 11.9 Å². The van der Waals surface area contributed by atoms with Crippen molar-refractivity contribution in [2.75, 3.05) is 20.2 Å². The van der Waals surface area contributed by atoms with Crippen LogP contribution in [-0.2, 0) is 19.1 Å². The number of rotatable bonds is 2. The maximum Gasteiger partial charge on any atom is 0.330 e. The first-order valence-corrected chi connectivity index (χ1v) is 4.28. The van der Waals surface area contributed by atoms with Crippen LogP contribution in [0.2, 0.25) is 0 Å². The molecule has 1 atom stereocenters. The standard InChI is InChI=1S/C8H12N2O4/c1-3-14-8(13)5-4-10(2)7(12)6(11)9-5/h5H,3-4H2,1-2H3,(H,9,11)/t5-/m1/s1. The Bertz CT molecular complexity index is 277. The molecule has 6 heteroatoms. The van der Waals surface area contributed by atoms with Crippen LogP contribution in [0, 0.1) is 0 Å². The minimum Gasteiger partial charge on any atom is -0.464 e. The Morgan fingerprint density at radius 2 is 2.29 bits per heavy atom. The Hall–Kier alpha value is -1.59. The molecule has 0 spiro atoms. The number of carbonyl (C=O) groups excluding carboxylic acids is 3. The zero-order chi connectivity index (χ0) is 10.7. The highest BCUT2D eigenvalue weighted by atomic mass is 16.5. The zero-order valence-corrected chi connectivity index (χ0v) is 8.07. The molecule has 6 nitrogen and oxygen atoms in total. The van der Waals surface area contributed by atoms with Crippen molar-refractivity contribution >= 4 is 17.8 Å². The minimum absolute atomic E-state index is 0.156. The number of ether oxygens (including phenoxy) is 1. The summed E-state index contributed by atoms with van der Waals surface area (Å²) in [6, 6.07) is -0.745. The van der Waals surface area contributed by atoms with Crippen molar-refractivity contribution in [3.63, 3.8) is 0 Å². The van der Waals surface area contributed by atoms with Crippen molar-refractivity contribution in [3.8, 4) is 0 Å². The zero-order valence-electron chi connectivity index (χ0n) is 8.07. The molecule has 1 fully saturated rings. The predicted molar refractivity (Wildman–Crippen MR) is 46.2 cm³/mol. The lowest BCUT2D eigenvalue weighted by molar-refractivity contribution is -0.155. The summed E-state index contributed by atoms with van der Waals surface area (Å²) in [5.74, 6) is -1.91. The van der Waals surface area contributed by atoms with Crippen molar-refractivity contribution in [1.82, 2.24) is 10.2 Å². The first-order chi connectivity index (χ1) is 6.56. The number of carbonyl (C=O) groups is 3. The lowest BCUT2D eigenvalue weighted by atomic mass is 10.2.